The van der Waals surface area contributed by atoms with Crippen molar-refractivity contribution in [3.05, 3.63) is 22.7 Å². The molecule has 0 aromatic heterocycles. The standard InChI is InChI=1S/C15H20ClNO2/c16-13-6-12(7-14-15(13)19-10-18-14)9-17-8-11-4-2-1-3-5-11/h6-7,11,17H,1-5,8-10H2. The molecule has 0 saturated heterocycles. The van der Waals surface area contributed by atoms with Crippen molar-refractivity contribution < 1.29 is 9.47 Å². The Hall–Kier alpha value is -0.930. The third-order valence-electron chi connectivity index (χ3n) is 3.97. The Kier molecular flexibility index (Phi) is 4.14. The lowest BCUT2D eigenvalue weighted by Gasteiger charge is -2.21. The van der Waals surface area contributed by atoms with Gasteiger partial charge in [-0.05, 0) is 43.0 Å². The van der Waals surface area contributed by atoms with Gasteiger partial charge in [0.2, 0.25) is 6.79 Å². The van der Waals surface area contributed by atoms with Crippen LogP contribution in [0.15, 0.2) is 12.1 Å². The first-order chi connectivity index (χ1) is 9.33. The number of rotatable bonds is 4. The van der Waals surface area contributed by atoms with Crippen molar-refractivity contribution in [3.8, 4) is 11.5 Å². The van der Waals surface area contributed by atoms with Gasteiger partial charge in [-0.2, -0.15) is 0 Å². The summed E-state index contributed by atoms with van der Waals surface area (Å²) in [6, 6.07) is 3.98. The molecule has 1 aliphatic carbocycles. The van der Waals surface area contributed by atoms with Crippen molar-refractivity contribution >= 4 is 11.6 Å². The highest BCUT2D eigenvalue weighted by molar-refractivity contribution is 6.32. The van der Waals surface area contributed by atoms with Crippen molar-refractivity contribution in [1.29, 1.82) is 0 Å². The average Bonchev–Trinajstić information content (AvgIpc) is 2.89. The molecule has 4 heteroatoms. The molecule has 0 bridgehead atoms. The lowest BCUT2D eigenvalue weighted by molar-refractivity contribution is 0.174. The van der Waals surface area contributed by atoms with Gasteiger partial charge in [0, 0.05) is 6.54 Å². The molecule has 19 heavy (non-hydrogen) atoms. The van der Waals surface area contributed by atoms with Gasteiger partial charge in [-0.25, -0.2) is 0 Å². The van der Waals surface area contributed by atoms with Crippen molar-refractivity contribution in [2.75, 3.05) is 13.3 Å². The highest BCUT2D eigenvalue weighted by Gasteiger charge is 2.18. The number of hydrogen-bond acceptors (Lipinski definition) is 3. The zero-order valence-electron chi connectivity index (χ0n) is 11.1. The van der Waals surface area contributed by atoms with Gasteiger partial charge in [-0.3, -0.25) is 0 Å². The summed E-state index contributed by atoms with van der Waals surface area (Å²) in [6.45, 7) is 2.22. The van der Waals surface area contributed by atoms with E-state index in [4.69, 9.17) is 21.1 Å². The summed E-state index contributed by atoms with van der Waals surface area (Å²) >= 11 is 6.17. The van der Waals surface area contributed by atoms with E-state index in [0.29, 0.717) is 10.8 Å². The van der Waals surface area contributed by atoms with Crippen LogP contribution >= 0.6 is 11.6 Å². The minimum absolute atomic E-state index is 0.272. The Morgan fingerprint density at radius 2 is 2.00 bits per heavy atom. The van der Waals surface area contributed by atoms with Crippen LogP contribution in [-0.4, -0.2) is 13.3 Å². The minimum atomic E-state index is 0.272. The van der Waals surface area contributed by atoms with E-state index in [1.165, 1.54) is 32.1 Å². The van der Waals surface area contributed by atoms with Crippen LogP contribution in [0.4, 0.5) is 0 Å². The molecule has 1 saturated carbocycles. The van der Waals surface area contributed by atoms with E-state index >= 15 is 0 Å². The number of fused-ring (bicyclic) bond motifs is 1. The Morgan fingerprint density at radius 3 is 2.84 bits per heavy atom. The first-order valence-electron chi connectivity index (χ1n) is 7.11. The first-order valence-corrected chi connectivity index (χ1v) is 7.49. The van der Waals surface area contributed by atoms with Gasteiger partial charge in [-0.1, -0.05) is 30.9 Å². The van der Waals surface area contributed by atoms with Crippen LogP contribution in [0.25, 0.3) is 0 Å². The second-order valence-corrected chi connectivity index (χ2v) is 5.85. The molecule has 3 rings (SSSR count). The van der Waals surface area contributed by atoms with Gasteiger partial charge < -0.3 is 14.8 Å². The van der Waals surface area contributed by atoms with Crippen LogP contribution in [0.3, 0.4) is 0 Å². The highest BCUT2D eigenvalue weighted by Crippen LogP contribution is 2.39. The number of hydrogen-bond donors (Lipinski definition) is 1. The predicted octanol–water partition coefficient (Wildman–Crippen LogP) is 3.74. The molecule has 104 valence electrons. The Morgan fingerprint density at radius 1 is 1.16 bits per heavy atom. The molecule has 1 fully saturated rings. The molecular formula is C15H20ClNO2. The summed E-state index contributed by atoms with van der Waals surface area (Å²) in [4.78, 5) is 0. The molecular weight excluding hydrogens is 262 g/mol. The summed E-state index contributed by atoms with van der Waals surface area (Å²) in [5.74, 6) is 2.29. The Balaban J connectivity index is 1.54. The Labute approximate surface area is 119 Å². The van der Waals surface area contributed by atoms with Crippen LogP contribution in [0.5, 0.6) is 11.5 Å². The maximum Gasteiger partial charge on any atom is 0.231 e. The van der Waals surface area contributed by atoms with Gasteiger partial charge in [0.15, 0.2) is 11.5 Å². The fourth-order valence-electron chi connectivity index (χ4n) is 2.93. The minimum Gasteiger partial charge on any atom is -0.454 e. The SMILES string of the molecule is Clc1cc(CNCC2CCCCC2)cc2c1OCO2. The van der Waals surface area contributed by atoms with Crippen LogP contribution in [0.1, 0.15) is 37.7 Å². The summed E-state index contributed by atoms with van der Waals surface area (Å²) < 4.78 is 10.7. The molecule has 0 amide bonds. The zero-order chi connectivity index (χ0) is 13.1. The maximum absolute atomic E-state index is 6.17. The Bertz CT molecular complexity index is 444. The van der Waals surface area contributed by atoms with Crippen LogP contribution in [0.2, 0.25) is 5.02 Å². The first kappa shape index (κ1) is 13.1. The van der Waals surface area contributed by atoms with E-state index in [1.54, 1.807) is 0 Å². The van der Waals surface area contributed by atoms with E-state index in [-0.39, 0.29) is 6.79 Å². The molecule has 1 aliphatic heterocycles. The highest BCUT2D eigenvalue weighted by atomic mass is 35.5. The van der Waals surface area contributed by atoms with E-state index in [0.717, 1.165) is 30.3 Å². The van der Waals surface area contributed by atoms with E-state index in [1.807, 2.05) is 12.1 Å². The normalized spacial score (nSPS) is 18.8. The summed E-state index contributed by atoms with van der Waals surface area (Å²) in [5, 5.41) is 4.18. The lowest BCUT2D eigenvalue weighted by Crippen LogP contribution is -2.24. The molecule has 1 heterocycles. The number of halogens is 1. The predicted molar refractivity (Wildman–Crippen MR) is 75.9 cm³/mol. The number of ether oxygens (including phenoxy) is 2. The molecule has 1 aromatic carbocycles. The van der Waals surface area contributed by atoms with Crippen molar-refractivity contribution in [2.24, 2.45) is 5.92 Å². The van der Waals surface area contributed by atoms with Crippen molar-refractivity contribution in [3.63, 3.8) is 0 Å². The quantitative estimate of drug-likeness (QED) is 0.912. The average molecular weight is 282 g/mol. The zero-order valence-corrected chi connectivity index (χ0v) is 11.8. The van der Waals surface area contributed by atoms with Gasteiger partial charge >= 0.3 is 0 Å². The van der Waals surface area contributed by atoms with E-state index in [2.05, 4.69) is 5.32 Å². The second-order valence-electron chi connectivity index (χ2n) is 5.45. The smallest absolute Gasteiger partial charge is 0.231 e. The third-order valence-corrected chi connectivity index (χ3v) is 4.25. The molecule has 1 aromatic rings. The van der Waals surface area contributed by atoms with Crippen LogP contribution in [0, 0.1) is 5.92 Å². The molecule has 1 N–H and O–H groups in total. The topological polar surface area (TPSA) is 30.5 Å². The molecule has 0 radical (unpaired) electrons. The monoisotopic (exact) mass is 281 g/mol. The summed E-state index contributed by atoms with van der Waals surface area (Å²) in [7, 11) is 0. The molecule has 0 unspecified atom stereocenters. The maximum atomic E-state index is 6.17. The van der Waals surface area contributed by atoms with Gasteiger partial charge in [0.05, 0.1) is 5.02 Å². The lowest BCUT2D eigenvalue weighted by atomic mass is 9.89. The van der Waals surface area contributed by atoms with Gasteiger partial charge in [-0.15, -0.1) is 0 Å². The second kappa shape index (κ2) is 6.02. The van der Waals surface area contributed by atoms with Gasteiger partial charge in [0.25, 0.3) is 0 Å². The number of nitrogens with one attached hydrogen (secondary N) is 1. The van der Waals surface area contributed by atoms with Crippen molar-refractivity contribution in [2.45, 2.75) is 38.6 Å². The van der Waals surface area contributed by atoms with E-state index < -0.39 is 0 Å². The number of benzene rings is 1. The fraction of sp³-hybridized carbons (Fsp3) is 0.600. The van der Waals surface area contributed by atoms with Gasteiger partial charge in [0.1, 0.15) is 0 Å². The largest absolute Gasteiger partial charge is 0.454 e. The molecule has 2 aliphatic rings. The molecule has 3 nitrogen and oxygen atoms in total. The summed E-state index contributed by atoms with van der Waals surface area (Å²) in [5.41, 5.74) is 1.16. The summed E-state index contributed by atoms with van der Waals surface area (Å²) in [6.07, 6.45) is 6.93. The van der Waals surface area contributed by atoms with Crippen molar-refractivity contribution in [1.82, 2.24) is 5.32 Å². The molecule has 0 atom stereocenters. The van der Waals surface area contributed by atoms with Crippen LogP contribution in [-0.2, 0) is 6.54 Å². The molecule has 0 spiro atoms. The van der Waals surface area contributed by atoms with Crippen LogP contribution < -0.4 is 14.8 Å². The van der Waals surface area contributed by atoms with E-state index in [9.17, 15) is 0 Å². The third kappa shape index (κ3) is 3.15. The fourth-order valence-corrected chi connectivity index (χ4v) is 3.22.